The van der Waals surface area contributed by atoms with Gasteiger partial charge in [0.05, 0.1) is 18.3 Å². The summed E-state index contributed by atoms with van der Waals surface area (Å²) in [7, 11) is 0. The van der Waals surface area contributed by atoms with Crippen LogP contribution in [0.4, 0.5) is 11.5 Å². The Morgan fingerprint density at radius 2 is 1.95 bits per heavy atom. The molecule has 0 aliphatic carbocycles. The molecule has 0 aliphatic rings. The van der Waals surface area contributed by atoms with Gasteiger partial charge in [0.25, 0.3) is 5.91 Å². The second-order valence-corrected chi connectivity index (χ2v) is 4.43. The molecule has 0 spiro atoms. The number of aliphatic hydroxyl groups is 2. The summed E-state index contributed by atoms with van der Waals surface area (Å²) in [4.78, 5) is 16.3. The monoisotopic (exact) mass is 287 g/mol. The van der Waals surface area contributed by atoms with E-state index in [1.807, 2.05) is 0 Å². The van der Waals surface area contributed by atoms with Gasteiger partial charge in [0.15, 0.2) is 0 Å². The maximum Gasteiger partial charge on any atom is 0.258 e. The van der Waals surface area contributed by atoms with Gasteiger partial charge in [0.2, 0.25) is 0 Å². The van der Waals surface area contributed by atoms with Crippen LogP contribution in [0.1, 0.15) is 10.4 Å². The van der Waals surface area contributed by atoms with Gasteiger partial charge in [-0.2, -0.15) is 0 Å². The van der Waals surface area contributed by atoms with Gasteiger partial charge in [0.1, 0.15) is 5.82 Å². The number of carbonyl (C=O) groups is 1. The number of amides is 1. The first-order chi connectivity index (χ1) is 10.2. The van der Waals surface area contributed by atoms with Gasteiger partial charge in [-0.05, 0) is 24.3 Å². The summed E-state index contributed by atoms with van der Waals surface area (Å²) in [5, 5.41) is 23.8. The van der Waals surface area contributed by atoms with E-state index in [-0.39, 0.29) is 19.1 Å². The van der Waals surface area contributed by atoms with E-state index in [0.717, 1.165) is 0 Å². The molecule has 6 heteroatoms. The minimum absolute atomic E-state index is 0.157. The SMILES string of the molecule is O=C(Nc1ccccn1)c1ccccc1NCC(O)CO. The van der Waals surface area contributed by atoms with Gasteiger partial charge in [-0.15, -0.1) is 0 Å². The lowest BCUT2D eigenvalue weighted by Crippen LogP contribution is -2.24. The molecule has 0 fully saturated rings. The van der Waals surface area contributed by atoms with Crippen molar-refractivity contribution < 1.29 is 15.0 Å². The fraction of sp³-hybridized carbons (Fsp3) is 0.200. The lowest BCUT2D eigenvalue weighted by atomic mass is 10.1. The van der Waals surface area contributed by atoms with Crippen LogP contribution in [0.3, 0.4) is 0 Å². The first-order valence-electron chi connectivity index (χ1n) is 6.55. The number of para-hydroxylation sites is 1. The van der Waals surface area contributed by atoms with Crippen LogP contribution < -0.4 is 10.6 Å². The summed E-state index contributed by atoms with van der Waals surface area (Å²) in [5.41, 5.74) is 1.02. The number of aromatic nitrogens is 1. The van der Waals surface area contributed by atoms with Gasteiger partial charge < -0.3 is 20.8 Å². The van der Waals surface area contributed by atoms with Crippen molar-refractivity contribution in [1.29, 1.82) is 0 Å². The number of anilines is 2. The zero-order chi connectivity index (χ0) is 15.1. The average molecular weight is 287 g/mol. The number of nitrogens with one attached hydrogen (secondary N) is 2. The highest BCUT2D eigenvalue weighted by molar-refractivity contribution is 6.07. The van der Waals surface area contributed by atoms with Crippen LogP contribution in [0.25, 0.3) is 0 Å². The first kappa shape index (κ1) is 15.0. The maximum absolute atomic E-state index is 12.2. The third-order valence-corrected chi connectivity index (χ3v) is 2.82. The molecule has 2 aromatic rings. The molecule has 0 bridgehead atoms. The normalized spacial score (nSPS) is 11.7. The van der Waals surface area contributed by atoms with Crippen LogP contribution in [0.2, 0.25) is 0 Å². The molecule has 0 saturated heterocycles. The number of pyridine rings is 1. The molecule has 1 atom stereocenters. The number of hydrogen-bond acceptors (Lipinski definition) is 5. The van der Waals surface area contributed by atoms with Crippen molar-refractivity contribution in [3.8, 4) is 0 Å². The molecule has 1 heterocycles. The van der Waals surface area contributed by atoms with E-state index < -0.39 is 6.10 Å². The fourth-order valence-corrected chi connectivity index (χ4v) is 1.75. The maximum atomic E-state index is 12.2. The molecule has 1 aromatic heterocycles. The van der Waals surface area contributed by atoms with Crippen LogP contribution in [-0.2, 0) is 0 Å². The van der Waals surface area contributed by atoms with Gasteiger partial charge in [0, 0.05) is 18.4 Å². The number of rotatable bonds is 6. The topological polar surface area (TPSA) is 94.5 Å². The molecule has 21 heavy (non-hydrogen) atoms. The fourth-order valence-electron chi connectivity index (χ4n) is 1.75. The van der Waals surface area contributed by atoms with Crippen LogP contribution >= 0.6 is 0 Å². The number of hydrogen-bond donors (Lipinski definition) is 4. The third kappa shape index (κ3) is 4.27. The molecule has 1 aromatic carbocycles. The summed E-state index contributed by atoms with van der Waals surface area (Å²) < 4.78 is 0. The first-order valence-corrected chi connectivity index (χ1v) is 6.55. The van der Waals surface area contributed by atoms with Crippen LogP contribution in [0.5, 0.6) is 0 Å². The van der Waals surface area contributed by atoms with Crippen molar-refractivity contribution in [3.05, 3.63) is 54.2 Å². The van der Waals surface area contributed by atoms with Crippen molar-refractivity contribution in [2.75, 3.05) is 23.8 Å². The predicted octanol–water partition coefficient (Wildman–Crippen LogP) is 1.10. The molecule has 6 nitrogen and oxygen atoms in total. The number of aliphatic hydroxyl groups excluding tert-OH is 2. The zero-order valence-corrected chi connectivity index (χ0v) is 11.4. The second kappa shape index (κ2) is 7.37. The highest BCUT2D eigenvalue weighted by Crippen LogP contribution is 2.16. The number of carbonyl (C=O) groups excluding carboxylic acids is 1. The third-order valence-electron chi connectivity index (χ3n) is 2.82. The van der Waals surface area contributed by atoms with Gasteiger partial charge in [-0.1, -0.05) is 18.2 Å². The standard InChI is InChI=1S/C15H17N3O3/c19-10-11(20)9-17-13-6-2-1-5-12(13)15(21)18-14-7-3-4-8-16-14/h1-8,11,17,19-20H,9-10H2,(H,16,18,21). The van der Waals surface area contributed by atoms with Crippen molar-refractivity contribution in [3.63, 3.8) is 0 Å². The second-order valence-electron chi connectivity index (χ2n) is 4.43. The Balaban J connectivity index is 2.10. The Kier molecular flexibility index (Phi) is 5.25. The van der Waals surface area contributed by atoms with Crippen molar-refractivity contribution in [2.45, 2.75) is 6.10 Å². The van der Waals surface area contributed by atoms with Crippen molar-refractivity contribution in [1.82, 2.24) is 4.98 Å². The summed E-state index contributed by atoms with van der Waals surface area (Å²) in [6, 6.07) is 12.2. The summed E-state index contributed by atoms with van der Waals surface area (Å²) >= 11 is 0. The van der Waals surface area contributed by atoms with E-state index >= 15 is 0 Å². The van der Waals surface area contributed by atoms with Gasteiger partial charge in [-0.3, -0.25) is 4.79 Å². The Hall–Kier alpha value is -2.44. The minimum atomic E-state index is -0.878. The molecule has 4 N–H and O–H groups in total. The Labute approximate surface area is 122 Å². The van der Waals surface area contributed by atoms with E-state index in [9.17, 15) is 9.90 Å². The van der Waals surface area contributed by atoms with E-state index in [0.29, 0.717) is 17.1 Å². The van der Waals surface area contributed by atoms with E-state index in [4.69, 9.17) is 5.11 Å². The van der Waals surface area contributed by atoms with Gasteiger partial charge >= 0.3 is 0 Å². The van der Waals surface area contributed by atoms with E-state index in [2.05, 4.69) is 15.6 Å². The molecule has 110 valence electrons. The molecule has 2 rings (SSSR count). The Bertz CT molecular complexity index is 590. The van der Waals surface area contributed by atoms with E-state index in [1.54, 1.807) is 48.7 Å². The Morgan fingerprint density at radius 1 is 1.19 bits per heavy atom. The zero-order valence-electron chi connectivity index (χ0n) is 11.4. The molecule has 1 unspecified atom stereocenters. The molecule has 0 aliphatic heterocycles. The molecular formula is C15H17N3O3. The van der Waals surface area contributed by atoms with Crippen LogP contribution in [0.15, 0.2) is 48.7 Å². The number of benzene rings is 1. The molecule has 1 amide bonds. The minimum Gasteiger partial charge on any atom is -0.394 e. The summed E-state index contributed by atoms with van der Waals surface area (Å²) in [6.07, 6.45) is 0.717. The van der Waals surface area contributed by atoms with Crippen molar-refractivity contribution >= 4 is 17.4 Å². The summed E-state index contributed by atoms with van der Waals surface area (Å²) in [5.74, 6) is 0.169. The largest absolute Gasteiger partial charge is 0.394 e. The Morgan fingerprint density at radius 3 is 2.67 bits per heavy atom. The summed E-state index contributed by atoms with van der Waals surface area (Å²) in [6.45, 7) is -0.181. The lowest BCUT2D eigenvalue weighted by Gasteiger charge is -2.14. The molecular weight excluding hydrogens is 270 g/mol. The van der Waals surface area contributed by atoms with E-state index in [1.165, 1.54) is 0 Å². The predicted molar refractivity (Wildman–Crippen MR) is 80.2 cm³/mol. The van der Waals surface area contributed by atoms with Crippen LogP contribution in [0, 0.1) is 0 Å². The molecule has 0 radical (unpaired) electrons. The molecule has 0 saturated carbocycles. The quantitative estimate of drug-likeness (QED) is 0.638. The highest BCUT2D eigenvalue weighted by Gasteiger charge is 2.12. The van der Waals surface area contributed by atoms with Crippen LogP contribution in [-0.4, -0.2) is 40.4 Å². The average Bonchev–Trinajstić information content (AvgIpc) is 2.53. The highest BCUT2D eigenvalue weighted by atomic mass is 16.3. The van der Waals surface area contributed by atoms with Crippen molar-refractivity contribution in [2.24, 2.45) is 0 Å². The number of nitrogens with zero attached hydrogens (tertiary/aromatic N) is 1. The lowest BCUT2D eigenvalue weighted by molar-refractivity contribution is 0.102. The smallest absolute Gasteiger partial charge is 0.258 e. The van der Waals surface area contributed by atoms with Gasteiger partial charge in [-0.25, -0.2) is 4.98 Å².